The molecule has 0 radical (unpaired) electrons. The average molecular weight is 325 g/mol. The van der Waals surface area contributed by atoms with Gasteiger partial charge in [-0.05, 0) is 45.8 Å². The van der Waals surface area contributed by atoms with E-state index >= 15 is 0 Å². The van der Waals surface area contributed by atoms with Gasteiger partial charge < -0.3 is 4.98 Å². The molecule has 0 aliphatic heterocycles. The third-order valence-electron chi connectivity index (χ3n) is 2.83. The summed E-state index contributed by atoms with van der Waals surface area (Å²) in [4.78, 5) is 11.7. The van der Waals surface area contributed by atoms with Crippen molar-refractivity contribution in [1.29, 1.82) is 5.26 Å². The average Bonchev–Trinajstić information content (AvgIpc) is 2.90. The molecule has 0 spiro atoms. The first-order valence-electron chi connectivity index (χ1n) is 5.95. The lowest BCUT2D eigenvalue weighted by Crippen LogP contribution is -1.85. The van der Waals surface area contributed by atoms with Crippen LogP contribution in [0.3, 0.4) is 0 Å². The third-order valence-corrected chi connectivity index (χ3v) is 3.30. The number of rotatable bonds is 2. The van der Waals surface area contributed by atoms with E-state index in [1.54, 1.807) is 12.3 Å². The Hall–Kier alpha value is -2.45. The molecule has 2 heterocycles. The van der Waals surface area contributed by atoms with E-state index in [4.69, 9.17) is 0 Å². The number of H-pyrrole nitrogens is 1. The van der Waals surface area contributed by atoms with Crippen molar-refractivity contribution in [2.75, 3.05) is 0 Å². The normalized spacial score (nSPS) is 11.5. The summed E-state index contributed by atoms with van der Waals surface area (Å²) in [5.41, 5.74) is 3.09. The molecule has 96 valence electrons. The van der Waals surface area contributed by atoms with Crippen LogP contribution in [0.5, 0.6) is 0 Å². The third kappa shape index (κ3) is 2.46. The van der Waals surface area contributed by atoms with E-state index in [0.29, 0.717) is 11.4 Å². The number of hydrogen-bond acceptors (Lipinski definition) is 3. The van der Waals surface area contributed by atoms with Crippen molar-refractivity contribution < 1.29 is 0 Å². The minimum atomic E-state index is 0.477. The highest BCUT2D eigenvalue weighted by molar-refractivity contribution is 9.10. The lowest BCUT2D eigenvalue weighted by atomic mass is 10.2. The number of nitriles is 1. The van der Waals surface area contributed by atoms with Gasteiger partial charge >= 0.3 is 0 Å². The Balaban J connectivity index is 2.05. The number of nitrogens with one attached hydrogen (secondary N) is 1. The molecule has 0 saturated heterocycles. The van der Waals surface area contributed by atoms with E-state index in [2.05, 4.69) is 37.0 Å². The van der Waals surface area contributed by atoms with Gasteiger partial charge in [0.2, 0.25) is 0 Å². The summed E-state index contributed by atoms with van der Waals surface area (Å²) in [7, 11) is 0. The van der Waals surface area contributed by atoms with E-state index in [1.165, 1.54) is 0 Å². The highest BCUT2D eigenvalue weighted by atomic mass is 79.9. The van der Waals surface area contributed by atoms with Crippen LogP contribution in [-0.2, 0) is 0 Å². The molecule has 0 saturated carbocycles. The van der Waals surface area contributed by atoms with Gasteiger partial charge in [-0.3, -0.25) is 0 Å². The molecule has 0 aliphatic rings. The number of para-hydroxylation sites is 2. The molecule has 1 N–H and O–H groups in total. The van der Waals surface area contributed by atoms with Gasteiger partial charge in [0.05, 0.1) is 16.6 Å². The zero-order chi connectivity index (χ0) is 13.9. The molecule has 0 fully saturated rings. The van der Waals surface area contributed by atoms with Crippen LogP contribution in [0.25, 0.3) is 22.7 Å². The molecule has 0 aliphatic carbocycles. The summed E-state index contributed by atoms with van der Waals surface area (Å²) in [6, 6.07) is 13.6. The number of hydrogen-bond donors (Lipinski definition) is 1. The summed E-state index contributed by atoms with van der Waals surface area (Å²) in [6.45, 7) is 0. The molecule has 0 unspecified atom stereocenters. The lowest BCUT2D eigenvalue weighted by molar-refractivity contribution is 1.26. The standard InChI is InChI=1S/C15H9BrN4/c16-14-6-5-10(9-18-14)7-11(8-17)15-19-12-3-1-2-4-13(12)20-15/h1-7,9H,(H,19,20)/b11-7-. The van der Waals surface area contributed by atoms with E-state index in [1.807, 2.05) is 36.4 Å². The van der Waals surface area contributed by atoms with Gasteiger partial charge in [-0.15, -0.1) is 0 Å². The van der Waals surface area contributed by atoms with Crippen LogP contribution in [0.1, 0.15) is 11.4 Å². The number of pyridine rings is 1. The van der Waals surface area contributed by atoms with Crippen LogP contribution in [0.4, 0.5) is 0 Å². The van der Waals surface area contributed by atoms with Crippen molar-refractivity contribution in [2.24, 2.45) is 0 Å². The number of aromatic amines is 1. The highest BCUT2D eigenvalue weighted by Crippen LogP contribution is 2.19. The monoisotopic (exact) mass is 324 g/mol. The van der Waals surface area contributed by atoms with Crippen LogP contribution in [0, 0.1) is 11.3 Å². The second-order valence-electron chi connectivity index (χ2n) is 4.19. The molecule has 5 heteroatoms. The molecule has 0 bridgehead atoms. The van der Waals surface area contributed by atoms with Crippen LogP contribution in [-0.4, -0.2) is 15.0 Å². The SMILES string of the molecule is N#C/C(=C/c1ccc(Br)nc1)c1nc2ccccc2[nH]1. The van der Waals surface area contributed by atoms with Crippen LogP contribution < -0.4 is 0 Å². The van der Waals surface area contributed by atoms with Gasteiger partial charge in [0.1, 0.15) is 16.5 Å². The summed E-state index contributed by atoms with van der Waals surface area (Å²) in [6.07, 6.45) is 3.46. The Morgan fingerprint density at radius 3 is 2.80 bits per heavy atom. The van der Waals surface area contributed by atoms with Crippen LogP contribution >= 0.6 is 15.9 Å². The molecular formula is C15H9BrN4. The molecule has 20 heavy (non-hydrogen) atoms. The summed E-state index contributed by atoms with van der Waals surface area (Å²) in [5, 5.41) is 9.31. The second-order valence-corrected chi connectivity index (χ2v) is 5.00. The molecular weight excluding hydrogens is 316 g/mol. The zero-order valence-electron chi connectivity index (χ0n) is 10.3. The van der Waals surface area contributed by atoms with E-state index in [0.717, 1.165) is 21.2 Å². The van der Waals surface area contributed by atoms with Crippen molar-refractivity contribution in [1.82, 2.24) is 15.0 Å². The van der Waals surface area contributed by atoms with Gasteiger partial charge in [0, 0.05) is 6.20 Å². The quantitative estimate of drug-likeness (QED) is 0.576. The number of benzene rings is 1. The molecule has 3 aromatic rings. The van der Waals surface area contributed by atoms with E-state index in [-0.39, 0.29) is 0 Å². The minimum Gasteiger partial charge on any atom is -0.337 e. The van der Waals surface area contributed by atoms with Crippen molar-refractivity contribution in [3.05, 3.63) is 58.6 Å². The minimum absolute atomic E-state index is 0.477. The topological polar surface area (TPSA) is 65.4 Å². The molecule has 3 rings (SSSR count). The Labute approximate surface area is 123 Å². The van der Waals surface area contributed by atoms with Gasteiger partial charge in [-0.1, -0.05) is 18.2 Å². The van der Waals surface area contributed by atoms with Crippen molar-refractivity contribution >= 4 is 38.6 Å². The lowest BCUT2D eigenvalue weighted by Gasteiger charge is -1.95. The number of imidazole rings is 1. The summed E-state index contributed by atoms with van der Waals surface area (Å²) in [5.74, 6) is 0.566. The predicted octanol–water partition coefficient (Wildman–Crippen LogP) is 3.78. The first-order chi connectivity index (χ1) is 9.76. The Bertz CT molecular complexity index is 792. The number of fused-ring (bicyclic) bond motifs is 1. The zero-order valence-corrected chi connectivity index (χ0v) is 11.9. The van der Waals surface area contributed by atoms with Gasteiger partial charge in [-0.2, -0.15) is 5.26 Å². The predicted molar refractivity (Wildman–Crippen MR) is 81.5 cm³/mol. The van der Waals surface area contributed by atoms with Gasteiger partial charge in [0.25, 0.3) is 0 Å². The number of aromatic nitrogens is 3. The van der Waals surface area contributed by atoms with Crippen molar-refractivity contribution in [3.8, 4) is 6.07 Å². The largest absolute Gasteiger partial charge is 0.337 e. The van der Waals surface area contributed by atoms with Crippen molar-refractivity contribution in [3.63, 3.8) is 0 Å². The second kappa shape index (κ2) is 5.27. The number of halogens is 1. The molecule has 0 atom stereocenters. The summed E-state index contributed by atoms with van der Waals surface area (Å²) >= 11 is 3.28. The molecule has 2 aromatic heterocycles. The Morgan fingerprint density at radius 1 is 1.25 bits per heavy atom. The Morgan fingerprint density at radius 2 is 2.10 bits per heavy atom. The van der Waals surface area contributed by atoms with Crippen LogP contribution in [0.15, 0.2) is 47.2 Å². The van der Waals surface area contributed by atoms with E-state index in [9.17, 15) is 5.26 Å². The maximum absolute atomic E-state index is 9.31. The van der Waals surface area contributed by atoms with Crippen molar-refractivity contribution in [2.45, 2.75) is 0 Å². The highest BCUT2D eigenvalue weighted by Gasteiger charge is 2.07. The summed E-state index contributed by atoms with van der Waals surface area (Å²) < 4.78 is 0.761. The number of nitrogens with zero attached hydrogens (tertiary/aromatic N) is 3. The van der Waals surface area contributed by atoms with Crippen LogP contribution in [0.2, 0.25) is 0 Å². The fourth-order valence-electron chi connectivity index (χ4n) is 1.87. The molecule has 1 aromatic carbocycles. The fraction of sp³-hybridized carbons (Fsp3) is 0. The van der Waals surface area contributed by atoms with Gasteiger partial charge in [-0.25, -0.2) is 9.97 Å². The Kier molecular flexibility index (Phi) is 3.32. The first kappa shape index (κ1) is 12.6. The molecule has 0 amide bonds. The number of allylic oxidation sites excluding steroid dienone is 1. The molecule has 4 nitrogen and oxygen atoms in total. The fourth-order valence-corrected chi connectivity index (χ4v) is 2.11. The first-order valence-corrected chi connectivity index (χ1v) is 6.74. The maximum Gasteiger partial charge on any atom is 0.149 e. The maximum atomic E-state index is 9.31. The smallest absolute Gasteiger partial charge is 0.149 e. The van der Waals surface area contributed by atoms with Gasteiger partial charge in [0.15, 0.2) is 0 Å². The van der Waals surface area contributed by atoms with E-state index < -0.39 is 0 Å².